The Morgan fingerprint density at radius 1 is 0.720 bits per heavy atom. The van der Waals surface area contributed by atoms with Crippen LogP contribution in [0.1, 0.15) is 38.6 Å². The lowest BCUT2D eigenvalue weighted by Gasteiger charge is -2.16. The van der Waals surface area contributed by atoms with Gasteiger partial charge in [0.05, 0.1) is 5.92 Å². The number of ketones is 2. The van der Waals surface area contributed by atoms with E-state index in [1.807, 2.05) is 48.5 Å². The first-order chi connectivity index (χ1) is 12.1. The largest absolute Gasteiger partial charge is 0.294 e. The average Bonchev–Trinajstić information content (AvgIpc) is 2.67. The molecule has 0 amide bonds. The maximum absolute atomic E-state index is 13.0. The number of hydrogen-bond acceptors (Lipinski definition) is 2. The van der Waals surface area contributed by atoms with Gasteiger partial charge in [-0.15, -0.1) is 0 Å². The minimum absolute atomic E-state index is 0.0447. The van der Waals surface area contributed by atoms with E-state index in [4.69, 9.17) is 11.6 Å². The molecule has 2 nitrogen and oxygen atoms in total. The van der Waals surface area contributed by atoms with Crippen LogP contribution < -0.4 is 0 Å². The van der Waals surface area contributed by atoms with Crippen molar-refractivity contribution >= 4 is 23.2 Å². The van der Waals surface area contributed by atoms with E-state index in [1.165, 1.54) is 0 Å². The van der Waals surface area contributed by atoms with Gasteiger partial charge in [-0.1, -0.05) is 72.3 Å². The first-order valence-corrected chi connectivity index (χ1v) is 8.46. The molecule has 0 aliphatic carbocycles. The first kappa shape index (κ1) is 17.1. The zero-order chi connectivity index (χ0) is 17.6. The smallest absolute Gasteiger partial charge is 0.170 e. The Morgan fingerprint density at radius 2 is 1.28 bits per heavy atom. The Balaban J connectivity index is 1.91. The highest BCUT2D eigenvalue weighted by molar-refractivity contribution is 6.30. The van der Waals surface area contributed by atoms with Crippen LogP contribution in [-0.2, 0) is 0 Å². The third kappa shape index (κ3) is 4.23. The van der Waals surface area contributed by atoms with Gasteiger partial charge in [0.1, 0.15) is 0 Å². The lowest BCUT2D eigenvalue weighted by molar-refractivity contribution is 0.0893. The van der Waals surface area contributed by atoms with E-state index < -0.39 is 5.92 Å². The molecule has 0 fully saturated rings. The highest BCUT2D eigenvalue weighted by Crippen LogP contribution is 2.27. The maximum atomic E-state index is 13.0. The fourth-order valence-corrected chi connectivity index (χ4v) is 2.92. The summed E-state index contributed by atoms with van der Waals surface area (Å²) in [7, 11) is 0. The van der Waals surface area contributed by atoms with Crippen molar-refractivity contribution < 1.29 is 9.59 Å². The van der Waals surface area contributed by atoms with Crippen LogP contribution in [0.25, 0.3) is 0 Å². The molecule has 0 radical (unpaired) electrons. The van der Waals surface area contributed by atoms with Crippen molar-refractivity contribution in [3.63, 3.8) is 0 Å². The van der Waals surface area contributed by atoms with Gasteiger partial charge in [0, 0.05) is 22.6 Å². The summed E-state index contributed by atoms with van der Waals surface area (Å²) in [5, 5.41) is 0.577. The highest BCUT2D eigenvalue weighted by atomic mass is 35.5. The zero-order valence-corrected chi connectivity index (χ0v) is 14.3. The molecular weight excluding hydrogens is 332 g/mol. The monoisotopic (exact) mass is 348 g/mol. The quantitative estimate of drug-likeness (QED) is 0.545. The van der Waals surface area contributed by atoms with Gasteiger partial charge < -0.3 is 0 Å². The molecule has 25 heavy (non-hydrogen) atoms. The molecule has 124 valence electrons. The molecule has 0 aromatic heterocycles. The van der Waals surface area contributed by atoms with Crippen molar-refractivity contribution in [3.8, 4) is 0 Å². The maximum Gasteiger partial charge on any atom is 0.170 e. The molecule has 3 heteroatoms. The molecule has 0 unspecified atom stereocenters. The van der Waals surface area contributed by atoms with Crippen molar-refractivity contribution in [3.05, 3.63) is 107 Å². The van der Waals surface area contributed by atoms with E-state index in [0.717, 1.165) is 5.56 Å². The summed E-state index contributed by atoms with van der Waals surface area (Å²) in [6.07, 6.45) is 0.134. The molecule has 0 aliphatic heterocycles. The lowest BCUT2D eigenvalue weighted by Crippen LogP contribution is -2.17. The van der Waals surface area contributed by atoms with Crippen molar-refractivity contribution in [2.75, 3.05) is 0 Å². The number of carbonyl (C=O) groups excluding carboxylic acids is 2. The molecule has 0 saturated heterocycles. The summed E-state index contributed by atoms with van der Waals surface area (Å²) >= 11 is 5.91. The van der Waals surface area contributed by atoms with Crippen molar-refractivity contribution in [1.82, 2.24) is 0 Å². The van der Waals surface area contributed by atoms with Gasteiger partial charge in [-0.2, -0.15) is 0 Å². The third-order valence-electron chi connectivity index (χ3n) is 4.13. The fourth-order valence-electron chi connectivity index (χ4n) is 2.79. The molecule has 3 aromatic carbocycles. The van der Waals surface area contributed by atoms with Crippen molar-refractivity contribution in [2.45, 2.75) is 12.3 Å². The molecule has 0 aliphatic rings. The van der Waals surface area contributed by atoms with Crippen LogP contribution in [0.15, 0.2) is 84.9 Å². The van der Waals surface area contributed by atoms with Gasteiger partial charge in [-0.05, 0) is 29.8 Å². The van der Waals surface area contributed by atoms with Gasteiger partial charge in [-0.3, -0.25) is 9.59 Å². The SMILES string of the molecule is O=C(C[C@@H](C(=O)c1ccc(Cl)cc1)c1ccccc1)c1ccccc1. The average molecular weight is 349 g/mol. The molecule has 0 bridgehead atoms. The van der Waals surface area contributed by atoms with E-state index >= 15 is 0 Å². The zero-order valence-electron chi connectivity index (χ0n) is 13.6. The van der Waals surface area contributed by atoms with Gasteiger partial charge in [0.25, 0.3) is 0 Å². The minimum Gasteiger partial charge on any atom is -0.294 e. The Labute approximate surface area is 152 Å². The highest BCUT2D eigenvalue weighted by Gasteiger charge is 2.25. The number of carbonyl (C=O) groups is 2. The van der Waals surface area contributed by atoms with E-state index in [-0.39, 0.29) is 18.0 Å². The molecule has 0 saturated carbocycles. The molecule has 3 aromatic rings. The first-order valence-electron chi connectivity index (χ1n) is 8.08. The molecular formula is C22H17ClO2. The minimum atomic E-state index is -0.518. The Morgan fingerprint density at radius 3 is 1.88 bits per heavy atom. The topological polar surface area (TPSA) is 34.1 Å². The van der Waals surface area contributed by atoms with Gasteiger partial charge in [-0.25, -0.2) is 0 Å². The summed E-state index contributed by atoms with van der Waals surface area (Å²) in [5.74, 6) is -0.640. The molecule has 0 N–H and O–H groups in total. The van der Waals surface area contributed by atoms with Crippen LogP contribution in [-0.4, -0.2) is 11.6 Å². The van der Waals surface area contributed by atoms with E-state index in [2.05, 4.69) is 0 Å². The van der Waals surface area contributed by atoms with Crippen LogP contribution in [0.5, 0.6) is 0 Å². The number of halogens is 1. The van der Waals surface area contributed by atoms with Gasteiger partial charge in [0.2, 0.25) is 0 Å². The molecule has 0 spiro atoms. The summed E-state index contributed by atoms with van der Waals surface area (Å²) in [6.45, 7) is 0. The molecule has 3 rings (SSSR count). The summed E-state index contributed by atoms with van der Waals surface area (Å²) < 4.78 is 0. The van der Waals surface area contributed by atoms with Crippen LogP contribution >= 0.6 is 11.6 Å². The molecule has 1 atom stereocenters. The van der Waals surface area contributed by atoms with Crippen LogP contribution in [0, 0.1) is 0 Å². The number of rotatable bonds is 6. The van der Waals surface area contributed by atoms with E-state index in [0.29, 0.717) is 16.1 Å². The van der Waals surface area contributed by atoms with Crippen LogP contribution in [0.3, 0.4) is 0 Å². The standard InChI is InChI=1S/C22H17ClO2/c23-19-13-11-18(12-14-19)22(25)20(16-7-3-1-4-8-16)15-21(24)17-9-5-2-6-10-17/h1-14,20H,15H2/t20-/m1/s1. The van der Waals surface area contributed by atoms with E-state index in [9.17, 15) is 9.59 Å². The predicted octanol–water partition coefficient (Wildman–Crippen LogP) is 5.58. The van der Waals surface area contributed by atoms with Crippen molar-refractivity contribution in [2.24, 2.45) is 0 Å². The Hall–Kier alpha value is -2.71. The Kier molecular flexibility index (Phi) is 5.42. The second kappa shape index (κ2) is 7.91. The number of Topliss-reactive ketones (excluding diaryl/α,β-unsaturated/α-hetero) is 2. The van der Waals surface area contributed by atoms with Crippen LogP contribution in [0.4, 0.5) is 0 Å². The predicted molar refractivity (Wildman–Crippen MR) is 100 cm³/mol. The van der Waals surface area contributed by atoms with Crippen molar-refractivity contribution in [1.29, 1.82) is 0 Å². The second-order valence-corrected chi connectivity index (χ2v) is 6.26. The number of benzene rings is 3. The van der Waals surface area contributed by atoms with Crippen LogP contribution in [0.2, 0.25) is 5.02 Å². The normalized spacial score (nSPS) is 11.7. The summed E-state index contributed by atoms with van der Waals surface area (Å²) in [5.41, 5.74) is 2.01. The van der Waals surface area contributed by atoms with E-state index in [1.54, 1.807) is 36.4 Å². The lowest BCUT2D eigenvalue weighted by atomic mass is 9.85. The summed E-state index contributed by atoms with van der Waals surface area (Å²) in [6, 6.07) is 25.3. The second-order valence-electron chi connectivity index (χ2n) is 5.83. The number of hydrogen-bond donors (Lipinski definition) is 0. The molecule has 0 heterocycles. The Bertz CT molecular complexity index is 856. The fraction of sp³-hybridized carbons (Fsp3) is 0.0909. The summed E-state index contributed by atoms with van der Waals surface area (Å²) in [4.78, 5) is 25.7. The van der Waals surface area contributed by atoms with Gasteiger partial charge in [0.15, 0.2) is 11.6 Å². The third-order valence-corrected chi connectivity index (χ3v) is 4.38. The van der Waals surface area contributed by atoms with Gasteiger partial charge >= 0.3 is 0 Å².